The molecule has 3 rings (SSSR count). The molecule has 1 atom stereocenters. The molecule has 0 amide bonds. The van der Waals surface area contributed by atoms with Crippen LogP contribution in [0.2, 0.25) is 0 Å². The molecule has 1 N–H and O–H groups in total. The van der Waals surface area contributed by atoms with Gasteiger partial charge in [-0.05, 0) is 68.4 Å². The third-order valence-electron chi connectivity index (χ3n) is 5.45. The number of likely N-dealkylation sites (N-methyl/N-ethyl adjacent to an activating group) is 1. The summed E-state index contributed by atoms with van der Waals surface area (Å²) in [7, 11) is -1.44. The summed E-state index contributed by atoms with van der Waals surface area (Å²) in [5.41, 5.74) is 6.51. The van der Waals surface area contributed by atoms with Crippen LogP contribution in [0.3, 0.4) is 0 Å². The van der Waals surface area contributed by atoms with Crippen LogP contribution in [0, 0.1) is 20.8 Å². The van der Waals surface area contributed by atoms with E-state index in [1.165, 1.54) is 16.8 Å². The molecule has 0 bridgehead atoms. The van der Waals surface area contributed by atoms with E-state index in [0.717, 1.165) is 36.1 Å². The number of aryl methyl sites for hydroxylation is 3. The lowest BCUT2D eigenvalue weighted by Crippen LogP contribution is -2.36. The van der Waals surface area contributed by atoms with E-state index in [0.29, 0.717) is 11.3 Å². The molecule has 0 unspecified atom stereocenters. The Kier molecular flexibility index (Phi) is 5.63. The van der Waals surface area contributed by atoms with Gasteiger partial charge in [0.15, 0.2) is 0 Å². The van der Waals surface area contributed by atoms with Gasteiger partial charge in [0.1, 0.15) is 0 Å². The highest BCUT2D eigenvalue weighted by atomic mass is 32.2. The summed E-state index contributed by atoms with van der Waals surface area (Å²) < 4.78 is 29.1. The summed E-state index contributed by atoms with van der Waals surface area (Å²) in [6.07, 6.45) is 2.53. The molecular weight excluding hydrogens is 356 g/mol. The van der Waals surface area contributed by atoms with Crippen LogP contribution in [0.1, 0.15) is 41.2 Å². The first-order chi connectivity index (χ1) is 12.7. The molecule has 0 aliphatic carbocycles. The SMILES string of the molecule is CC[C@@H](Cc1ccc2c(c1)N(C)CC2)NS(=O)(=O)c1c(C)cc(C)cc1C. The van der Waals surface area contributed by atoms with Crippen molar-refractivity contribution in [3.8, 4) is 0 Å². The van der Waals surface area contributed by atoms with Crippen LogP contribution in [-0.4, -0.2) is 28.1 Å². The van der Waals surface area contributed by atoms with E-state index in [2.05, 4.69) is 34.9 Å². The molecule has 27 heavy (non-hydrogen) atoms. The smallest absolute Gasteiger partial charge is 0.241 e. The summed E-state index contributed by atoms with van der Waals surface area (Å²) in [5.74, 6) is 0. The Bertz CT molecular complexity index is 928. The van der Waals surface area contributed by atoms with E-state index in [1.54, 1.807) is 0 Å². The number of rotatable bonds is 6. The normalized spacial score (nSPS) is 15.1. The Hall–Kier alpha value is -1.85. The number of anilines is 1. The van der Waals surface area contributed by atoms with Crippen molar-refractivity contribution in [3.63, 3.8) is 0 Å². The Labute approximate surface area is 163 Å². The fraction of sp³-hybridized carbons (Fsp3) is 0.455. The third kappa shape index (κ3) is 4.19. The molecule has 0 radical (unpaired) electrons. The second-order valence-electron chi connectivity index (χ2n) is 7.79. The molecule has 1 aliphatic rings. The minimum atomic E-state index is -3.55. The zero-order chi connectivity index (χ0) is 19.8. The fourth-order valence-corrected chi connectivity index (χ4v) is 5.91. The lowest BCUT2D eigenvalue weighted by atomic mass is 10.0. The number of hydrogen-bond donors (Lipinski definition) is 1. The van der Waals surface area contributed by atoms with Gasteiger partial charge in [-0.3, -0.25) is 0 Å². The van der Waals surface area contributed by atoms with Crippen LogP contribution in [0.15, 0.2) is 35.2 Å². The molecule has 2 aromatic carbocycles. The van der Waals surface area contributed by atoms with Gasteiger partial charge in [-0.25, -0.2) is 13.1 Å². The predicted octanol–water partition coefficient (Wildman–Crippen LogP) is 3.90. The van der Waals surface area contributed by atoms with Crippen molar-refractivity contribution in [1.29, 1.82) is 0 Å². The van der Waals surface area contributed by atoms with E-state index in [1.807, 2.05) is 39.8 Å². The number of fused-ring (bicyclic) bond motifs is 1. The van der Waals surface area contributed by atoms with Crippen molar-refractivity contribution in [2.75, 3.05) is 18.5 Å². The van der Waals surface area contributed by atoms with E-state index < -0.39 is 10.0 Å². The first-order valence-corrected chi connectivity index (χ1v) is 11.1. The zero-order valence-electron chi connectivity index (χ0n) is 17.0. The average Bonchev–Trinajstić information content (AvgIpc) is 2.93. The predicted molar refractivity (Wildman–Crippen MR) is 112 cm³/mol. The lowest BCUT2D eigenvalue weighted by Gasteiger charge is -2.20. The minimum Gasteiger partial charge on any atom is -0.374 e. The molecule has 0 saturated heterocycles. The quantitative estimate of drug-likeness (QED) is 0.819. The van der Waals surface area contributed by atoms with Crippen LogP contribution in [0.25, 0.3) is 0 Å². The molecule has 2 aromatic rings. The number of hydrogen-bond acceptors (Lipinski definition) is 3. The largest absolute Gasteiger partial charge is 0.374 e. The van der Waals surface area contributed by atoms with Gasteiger partial charge in [0.25, 0.3) is 0 Å². The number of sulfonamides is 1. The molecule has 0 fully saturated rings. The van der Waals surface area contributed by atoms with Crippen molar-refractivity contribution in [2.45, 2.75) is 57.9 Å². The van der Waals surface area contributed by atoms with Gasteiger partial charge in [0, 0.05) is 25.3 Å². The number of nitrogens with zero attached hydrogens (tertiary/aromatic N) is 1. The van der Waals surface area contributed by atoms with E-state index >= 15 is 0 Å². The van der Waals surface area contributed by atoms with Crippen molar-refractivity contribution >= 4 is 15.7 Å². The monoisotopic (exact) mass is 386 g/mol. The molecule has 1 heterocycles. The molecule has 0 aromatic heterocycles. The molecule has 0 spiro atoms. The summed E-state index contributed by atoms with van der Waals surface area (Å²) in [6, 6.07) is 10.3. The molecule has 0 saturated carbocycles. The molecule has 5 heteroatoms. The molecule has 4 nitrogen and oxygen atoms in total. The Balaban J connectivity index is 1.82. The summed E-state index contributed by atoms with van der Waals surface area (Å²) in [5, 5.41) is 0. The van der Waals surface area contributed by atoms with Crippen molar-refractivity contribution in [1.82, 2.24) is 4.72 Å². The topological polar surface area (TPSA) is 49.4 Å². The van der Waals surface area contributed by atoms with Gasteiger partial charge in [-0.15, -0.1) is 0 Å². The Morgan fingerprint density at radius 2 is 1.78 bits per heavy atom. The maximum Gasteiger partial charge on any atom is 0.241 e. The zero-order valence-corrected chi connectivity index (χ0v) is 17.8. The third-order valence-corrected chi connectivity index (χ3v) is 7.27. The highest BCUT2D eigenvalue weighted by Crippen LogP contribution is 2.28. The van der Waals surface area contributed by atoms with Crippen LogP contribution in [-0.2, 0) is 22.9 Å². The maximum absolute atomic E-state index is 13.1. The van der Waals surface area contributed by atoms with Crippen molar-refractivity contribution < 1.29 is 8.42 Å². The van der Waals surface area contributed by atoms with E-state index in [9.17, 15) is 8.42 Å². The lowest BCUT2D eigenvalue weighted by molar-refractivity contribution is 0.536. The summed E-state index contributed by atoms with van der Waals surface area (Å²) >= 11 is 0. The number of benzene rings is 2. The molecule has 146 valence electrons. The van der Waals surface area contributed by atoms with Gasteiger partial charge in [0.05, 0.1) is 4.90 Å². The Morgan fingerprint density at radius 3 is 2.41 bits per heavy atom. The van der Waals surface area contributed by atoms with Gasteiger partial charge >= 0.3 is 0 Å². The summed E-state index contributed by atoms with van der Waals surface area (Å²) in [6.45, 7) is 8.80. The molecule has 1 aliphatic heterocycles. The standard InChI is InChI=1S/C22H30N2O2S/c1-6-20(13-18-7-8-19-9-10-24(5)21(19)14-18)23-27(25,26)22-16(3)11-15(2)12-17(22)4/h7-8,11-12,14,20,23H,6,9-10,13H2,1-5H3/t20-/m0/s1. The van der Waals surface area contributed by atoms with E-state index in [-0.39, 0.29) is 6.04 Å². The highest BCUT2D eigenvalue weighted by Gasteiger charge is 2.24. The molecular formula is C22H30N2O2S. The van der Waals surface area contributed by atoms with Crippen molar-refractivity contribution in [2.24, 2.45) is 0 Å². The first-order valence-electron chi connectivity index (χ1n) is 9.64. The fourth-order valence-electron chi connectivity index (χ4n) is 4.13. The van der Waals surface area contributed by atoms with Crippen LogP contribution < -0.4 is 9.62 Å². The van der Waals surface area contributed by atoms with Crippen molar-refractivity contribution in [3.05, 3.63) is 58.1 Å². The number of nitrogens with one attached hydrogen (secondary N) is 1. The Morgan fingerprint density at radius 1 is 1.11 bits per heavy atom. The minimum absolute atomic E-state index is 0.125. The second kappa shape index (κ2) is 7.64. The summed E-state index contributed by atoms with van der Waals surface area (Å²) in [4.78, 5) is 2.68. The maximum atomic E-state index is 13.1. The van der Waals surface area contributed by atoms with Gasteiger partial charge < -0.3 is 4.90 Å². The van der Waals surface area contributed by atoms with Crippen LogP contribution in [0.4, 0.5) is 5.69 Å². The van der Waals surface area contributed by atoms with Crippen LogP contribution in [0.5, 0.6) is 0 Å². The second-order valence-corrected chi connectivity index (χ2v) is 9.44. The highest BCUT2D eigenvalue weighted by molar-refractivity contribution is 7.89. The van der Waals surface area contributed by atoms with E-state index in [4.69, 9.17) is 0 Å². The van der Waals surface area contributed by atoms with Crippen LogP contribution >= 0.6 is 0 Å². The van der Waals surface area contributed by atoms with Gasteiger partial charge in [0.2, 0.25) is 10.0 Å². The van der Waals surface area contributed by atoms with Gasteiger partial charge in [-0.2, -0.15) is 0 Å². The first kappa shape index (κ1) is 19.9. The average molecular weight is 387 g/mol. The van der Waals surface area contributed by atoms with Gasteiger partial charge in [-0.1, -0.05) is 36.8 Å².